The van der Waals surface area contributed by atoms with Crippen LogP contribution in [-0.2, 0) is 6.54 Å². The number of nitrogens with zero attached hydrogens (tertiary/aromatic N) is 1. The number of para-hydroxylation sites is 1. The summed E-state index contributed by atoms with van der Waals surface area (Å²) in [6.07, 6.45) is 0. The van der Waals surface area contributed by atoms with E-state index in [0.717, 1.165) is 22.0 Å². The van der Waals surface area contributed by atoms with Crippen molar-refractivity contribution in [3.63, 3.8) is 0 Å². The highest BCUT2D eigenvalue weighted by molar-refractivity contribution is 5.89. The van der Waals surface area contributed by atoms with Gasteiger partial charge in [0.25, 0.3) is 5.69 Å². The predicted octanol–water partition coefficient (Wildman–Crippen LogP) is 4.70. The highest BCUT2D eigenvalue weighted by Gasteiger charge is 2.24. The molecule has 0 radical (unpaired) electrons. The Morgan fingerprint density at radius 1 is 0.815 bits per heavy atom. The monoisotopic (exact) mass is 354 g/mol. The van der Waals surface area contributed by atoms with Gasteiger partial charge in [-0.2, -0.15) is 4.57 Å². The fourth-order valence-electron chi connectivity index (χ4n) is 3.14. The average Bonchev–Trinajstić information content (AvgIpc) is 2.71. The van der Waals surface area contributed by atoms with Gasteiger partial charge in [-0.3, -0.25) is 0 Å². The molecule has 3 nitrogen and oxygen atoms in total. The summed E-state index contributed by atoms with van der Waals surface area (Å²) >= 11 is 0. The van der Waals surface area contributed by atoms with E-state index in [1.165, 1.54) is 0 Å². The van der Waals surface area contributed by atoms with E-state index < -0.39 is 0 Å². The number of carbonyl (C=O) groups excluding carboxylic acids is 1. The number of aryl methyl sites for hydroxylation is 1. The topological polar surface area (TPSA) is 30.2 Å². The van der Waals surface area contributed by atoms with Crippen molar-refractivity contribution >= 4 is 16.9 Å². The average molecular weight is 354 g/mol. The molecule has 1 aromatic heterocycles. The molecular formula is C24H20NO2+. The number of esters is 1. The van der Waals surface area contributed by atoms with Crippen LogP contribution in [0.25, 0.3) is 10.9 Å². The Balaban J connectivity index is 1.75. The zero-order valence-electron chi connectivity index (χ0n) is 15.1. The van der Waals surface area contributed by atoms with Crippen LogP contribution < -0.4 is 9.30 Å². The number of carbonyl (C=O) groups is 1. The molecule has 0 amide bonds. The highest BCUT2D eigenvalue weighted by atomic mass is 16.5. The number of rotatable bonds is 4. The second kappa shape index (κ2) is 7.42. The Labute approximate surface area is 158 Å². The maximum atomic E-state index is 12.9. The highest BCUT2D eigenvalue weighted by Crippen LogP contribution is 2.16. The van der Waals surface area contributed by atoms with Gasteiger partial charge in [-0.1, -0.05) is 60.2 Å². The maximum absolute atomic E-state index is 12.9. The summed E-state index contributed by atoms with van der Waals surface area (Å²) in [6.45, 7) is 2.60. The van der Waals surface area contributed by atoms with Crippen LogP contribution >= 0.6 is 0 Å². The molecule has 0 bridgehead atoms. The SMILES string of the molecule is Cc1ccc(OC(=O)c2ccc3ccccc3[n+]2Cc2ccccc2)cc1. The lowest BCUT2D eigenvalue weighted by atomic mass is 10.1. The minimum atomic E-state index is -0.361. The third kappa shape index (κ3) is 3.72. The number of ether oxygens (including phenoxy) is 1. The molecule has 0 saturated heterocycles. The van der Waals surface area contributed by atoms with Crippen molar-refractivity contribution in [1.29, 1.82) is 0 Å². The fourth-order valence-corrected chi connectivity index (χ4v) is 3.14. The Bertz CT molecular complexity index is 1090. The van der Waals surface area contributed by atoms with Gasteiger partial charge in [0.15, 0.2) is 6.54 Å². The lowest BCUT2D eigenvalue weighted by molar-refractivity contribution is -0.664. The van der Waals surface area contributed by atoms with Crippen LogP contribution in [0, 0.1) is 6.92 Å². The quantitative estimate of drug-likeness (QED) is 0.302. The summed E-state index contributed by atoms with van der Waals surface area (Å²) in [6, 6.07) is 29.5. The first-order valence-corrected chi connectivity index (χ1v) is 8.95. The fraction of sp³-hybridized carbons (Fsp3) is 0.0833. The third-order valence-electron chi connectivity index (χ3n) is 4.56. The van der Waals surface area contributed by atoms with E-state index in [1.807, 2.05) is 90.4 Å². The minimum absolute atomic E-state index is 0.361. The summed E-state index contributed by atoms with van der Waals surface area (Å²) in [7, 11) is 0. The predicted molar refractivity (Wildman–Crippen MR) is 106 cm³/mol. The Hall–Kier alpha value is -3.46. The normalized spacial score (nSPS) is 10.7. The molecular weight excluding hydrogens is 334 g/mol. The van der Waals surface area contributed by atoms with E-state index in [9.17, 15) is 4.79 Å². The Morgan fingerprint density at radius 3 is 2.30 bits per heavy atom. The van der Waals surface area contributed by atoms with Gasteiger partial charge in [0.1, 0.15) is 5.75 Å². The van der Waals surface area contributed by atoms with Crippen molar-refractivity contribution in [3.05, 3.63) is 108 Å². The smallest absolute Gasteiger partial charge is 0.409 e. The van der Waals surface area contributed by atoms with Gasteiger partial charge in [0.2, 0.25) is 5.52 Å². The second-order valence-electron chi connectivity index (χ2n) is 6.55. The molecule has 27 heavy (non-hydrogen) atoms. The first-order chi connectivity index (χ1) is 13.2. The minimum Gasteiger partial charge on any atom is -0.419 e. The summed E-state index contributed by atoms with van der Waals surface area (Å²) in [4.78, 5) is 12.9. The summed E-state index contributed by atoms with van der Waals surface area (Å²) in [5.74, 6) is 0.186. The molecule has 0 saturated carbocycles. The van der Waals surface area contributed by atoms with E-state index in [2.05, 4.69) is 12.1 Å². The van der Waals surface area contributed by atoms with Gasteiger partial charge in [0.05, 0.1) is 0 Å². The first kappa shape index (κ1) is 17.0. The molecule has 4 aromatic rings. The zero-order valence-corrected chi connectivity index (χ0v) is 15.1. The standard InChI is InChI=1S/C24H20NO2/c1-18-11-14-21(15-12-18)27-24(26)23-16-13-20-9-5-6-10-22(20)25(23)17-19-7-3-2-4-8-19/h2-16H,17H2,1H3/q+1. The number of pyridine rings is 1. The largest absolute Gasteiger partial charge is 0.419 e. The molecule has 0 N–H and O–H groups in total. The van der Waals surface area contributed by atoms with Gasteiger partial charge in [0, 0.05) is 23.1 Å². The number of aromatic nitrogens is 1. The number of benzene rings is 3. The van der Waals surface area contributed by atoms with E-state index in [0.29, 0.717) is 18.0 Å². The molecule has 1 heterocycles. The van der Waals surface area contributed by atoms with E-state index in [-0.39, 0.29) is 5.97 Å². The summed E-state index contributed by atoms with van der Waals surface area (Å²) in [5, 5.41) is 1.08. The molecule has 3 heteroatoms. The second-order valence-corrected chi connectivity index (χ2v) is 6.55. The van der Waals surface area contributed by atoms with Crippen LogP contribution in [0.15, 0.2) is 91.0 Å². The van der Waals surface area contributed by atoms with Crippen molar-refractivity contribution in [2.24, 2.45) is 0 Å². The third-order valence-corrected chi connectivity index (χ3v) is 4.56. The zero-order chi connectivity index (χ0) is 18.6. The van der Waals surface area contributed by atoms with Gasteiger partial charge in [-0.15, -0.1) is 0 Å². The van der Waals surface area contributed by atoms with Crippen LogP contribution in [0.3, 0.4) is 0 Å². The summed E-state index contributed by atoms with van der Waals surface area (Å²) in [5.41, 5.74) is 3.78. The summed E-state index contributed by atoms with van der Waals surface area (Å²) < 4.78 is 7.64. The molecule has 0 atom stereocenters. The number of hydrogen-bond donors (Lipinski definition) is 0. The Morgan fingerprint density at radius 2 is 1.52 bits per heavy atom. The first-order valence-electron chi connectivity index (χ1n) is 8.95. The molecule has 4 rings (SSSR count). The van der Waals surface area contributed by atoms with E-state index >= 15 is 0 Å². The van der Waals surface area contributed by atoms with Crippen molar-refractivity contribution < 1.29 is 14.1 Å². The van der Waals surface area contributed by atoms with Crippen LogP contribution in [0.2, 0.25) is 0 Å². The molecule has 0 unspecified atom stereocenters. The molecule has 0 aliphatic heterocycles. The van der Waals surface area contributed by atoms with Crippen molar-refractivity contribution in [3.8, 4) is 5.75 Å². The number of fused-ring (bicyclic) bond motifs is 1. The lowest BCUT2D eigenvalue weighted by Gasteiger charge is -2.08. The maximum Gasteiger partial charge on any atom is 0.409 e. The molecule has 0 aliphatic carbocycles. The van der Waals surface area contributed by atoms with Crippen molar-refractivity contribution in [1.82, 2.24) is 0 Å². The van der Waals surface area contributed by atoms with Gasteiger partial charge in [-0.05, 0) is 31.2 Å². The molecule has 0 spiro atoms. The molecule has 0 aliphatic rings. The van der Waals surface area contributed by atoms with Crippen molar-refractivity contribution in [2.75, 3.05) is 0 Å². The van der Waals surface area contributed by atoms with Gasteiger partial charge in [-0.25, -0.2) is 4.79 Å². The van der Waals surface area contributed by atoms with E-state index in [1.54, 1.807) is 0 Å². The van der Waals surface area contributed by atoms with Crippen LogP contribution in [0.4, 0.5) is 0 Å². The van der Waals surface area contributed by atoms with Gasteiger partial charge < -0.3 is 4.74 Å². The van der Waals surface area contributed by atoms with Crippen LogP contribution in [0.1, 0.15) is 21.6 Å². The van der Waals surface area contributed by atoms with Gasteiger partial charge >= 0.3 is 5.97 Å². The van der Waals surface area contributed by atoms with Crippen LogP contribution in [-0.4, -0.2) is 5.97 Å². The number of hydrogen-bond acceptors (Lipinski definition) is 2. The Kier molecular flexibility index (Phi) is 4.67. The lowest BCUT2D eigenvalue weighted by Crippen LogP contribution is -2.42. The molecule has 132 valence electrons. The van der Waals surface area contributed by atoms with Crippen molar-refractivity contribution in [2.45, 2.75) is 13.5 Å². The molecule has 0 fully saturated rings. The van der Waals surface area contributed by atoms with Crippen LogP contribution in [0.5, 0.6) is 5.75 Å². The van der Waals surface area contributed by atoms with E-state index in [4.69, 9.17) is 4.74 Å². The molecule has 3 aromatic carbocycles.